The largest absolute Gasteiger partial charge is 0.497 e. The number of hydrogen-bond donors (Lipinski definition) is 2. The van der Waals surface area contributed by atoms with E-state index in [4.69, 9.17) is 16.3 Å². The van der Waals surface area contributed by atoms with Crippen LogP contribution in [-0.2, 0) is 7.05 Å². The Morgan fingerprint density at radius 3 is 2.42 bits per heavy atom. The molecule has 156 valence electrons. The number of aryl methyl sites for hydroxylation is 1. The van der Waals surface area contributed by atoms with Crippen molar-refractivity contribution in [2.75, 3.05) is 17.7 Å². The van der Waals surface area contributed by atoms with Crippen molar-refractivity contribution in [1.82, 2.24) is 9.78 Å². The van der Waals surface area contributed by atoms with Crippen molar-refractivity contribution in [3.05, 3.63) is 84.0 Å². The molecular weight excluding hydrogens is 412 g/mol. The molecule has 0 aliphatic rings. The number of rotatable bonds is 5. The standard InChI is InChI=1S/C24H21ClN4O2/c1-29-23(22(15-26-29)16-5-4-8-21(14-16)31-2)17-6-3-7-20(13-17)28-24(30)27-19-11-9-18(25)10-12-19/h3-15H,1-2H3,(H2,27,28,30). The highest BCUT2D eigenvalue weighted by molar-refractivity contribution is 6.30. The summed E-state index contributed by atoms with van der Waals surface area (Å²) >= 11 is 5.89. The van der Waals surface area contributed by atoms with Gasteiger partial charge in [0.15, 0.2) is 0 Å². The molecule has 2 amide bonds. The van der Waals surface area contributed by atoms with Gasteiger partial charge in [-0.25, -0.2) is 4.79 Å². The molecule has 0 fully saturated rings. The summed E-state index contributed by atoms with van der Waals surface area (Å²) in [5.41, 5.74) is 5.18. The van der Waals surface area contributed by atoms with Crippen LogP contribution in [0.1, 0.15) is 0 Å². The van der Waals surface area contributed by atoms with Gasteiger partial charge in [0.25, 0.3) is 0 Å². The predicted molar refractivity (Wildman–Crippen MR) is 125 cm³/mol. The molecule has 1 heterocycles. The summed E-state index contributed by atoms with van der Waals surface area (Å²) in [7, 11) is 3.54. The second kappa shape index (κ2) is 8.93. The lowest BCUT2D eigenvalue weighted by molar-refractivity contribution is 0.262. The maximum atomic E-state index is 12.4. The fraction of sp³-hybridized carbons (Fsp3) is 0.0833. The first-order valence-corrected chi connectivity index (χ1v) is 10.0. The molecule has 4 rings (SSSR count). The number of carbonyl (C=O) groups is 1. The molecule has 0 bridgehead atoms. The number of aromatic nitrogens is 2. The zero-order chi connectivity index (χ0) is 21.8. The van der Waals surface area contributed by atoms with Crippen molar-refractivity contribution < 1.29 is 9.53 Å². The molecule has 1 aromatic heterocycles. The van der Waals surface area contributed by atoms with Gasteiger partial charge in [0.1, 0.15) is 5.75 Å². The van der Waals surface area contributed by atoms with Crippen LogP contribution in [0.4, 0.5) is 16.2 Å². The maximum absolute atomic E-state index is 12.4. The molecule has 31 heavy (non-hydrogen) atoms. The fourth-order valence-corrected chi connectivity index (χ4v) is 3.48. The molecule has 0 atom stereocenters. The Morgan fingerprint density at radius 1 is 0.935 bits per heavy atom. The second-order valence-electron chi connectivity index (χ2n) is 6.93. The Morgan fingerprint density at radius 2 is 1.65 bits per heavy atom. The molecule has 0 saturated carbocycles. The molecule has 4 aromatic rings. The van der Waals surface area contributed by atoms with Crippen molar-refractivity contribution in [3.8, 4) is 28.1 Å². The Labute approximate surface area is 185 Å². The van der Waals surface area contributed by atoms with E-state index >= 15 is 0 Å². The molecular formula is C24H21ClN4O2. The summed E-state index contributed by atoms with van der Waals surface area (Å²) in [6.45, 7) is 0. The summed E-state index contributed by atoms with van der Waals surface area (Å²) in [4.78, 5) is 12.4. The van der Waals surface area contributed by atoms with Crippen LogP contribution in [0, 0.1) is 0 Å². The van der Waals surface area contributed by atoms with E-state index < -0.39 is 0 Å². The molecule has 3 aromatic carbocycles. The fourth-order valence-electron chi connectivity index (χ4n) is 3.35. The van der Waals surface area contributed by atoms with Crippen molar-refractivity contribution >= 4 is 29.0 Å². The molecule has 2 N–H and O–H groups in total. The van der Waals surface area contributed by atoms with Gasteiger partial charge in [0, 0.05) is 34.6 Å². The minimum Gasteiger partial charge on any atom is -0.497 e. The van der Waals surface area contributed by atoms with Gasteiger partial charge in [-0.2, -0.15) is 5.10 Å². The Balaban J connectivity index is 1.59. The number of amides is 2. The summed E-state index contributed by atoms with van der Waals surface area (Å²) < 4.78 is 7.18. The van der Waals surface area contributed by atoms with Gasteiger partial charge in [0.2, 0.25) is 0 Å². The quantitative estimate of drug-likeness (QED) is 0.402. The molecule has 0 unspecified atom stereocenters. The number of anilines is 2. The first kappa shape index (κ1) is 20.5. The number of nitrogens with one attached hydrogen (secondary N) is 2. The zero-order valence-corrected chi connectivity index (χ0v) is 17.9. The summed E-state index contributed by atoms with van der Waals surface area (Å²) in [6.07, 6.45) is 1.83. The van der Waals surface area contributed by atoms with Crippen LogP contribution in [0.3, 0.4) is 0 Å². The summed E-state index contributed by atoms with van der Waals surface area (Å²) in [5, 5.41) is 10.7. The van der Waals surface area contributed by atoms with Crippen LogP contribution in [0.15, 0.2) is 79.0 Å². The van der Waals surface area contributed by atoms with E-state index in [2.05, 4.69) is 15.7 Å². The minimum atomic E-state index is -0.336. The van der Waals surface area contributed by atoms with Crippen molar-refractivity contribution in [2.45, 2.75) is 0 Å². The van der Waals surface area contributed by atoms with Crippen LogP contribution < -0.4 is 15.4 Å². The number of urea groups is 1. The van der Waals surface area contributed by atoms with E-state index in [0.717, 1.165) is 28.1 Å². The smallest absolute Gasteiger partial charge is 0.323 e. The van der Waals surface area contributed by atoms with Gasteiger partial charge < -0.3 is 15.4 Å². The van der Waals surface area contributed by atoms with E-state index in [-0.39, 0.29) is 6.03 Å². The number of carbonyl (C=O) groups excluding carboxylic acids is 1. The molecule has 0 aliphatic carbocycles. The van der Waals surface area contributed by atoms with Crippen LogP contribution in [-0.4, -0.2) is 22.9 Å². The van der Waals surface area contributed by atoms with Gasteiger partial charge in [-0.1, -0.05) is 35.9 Å². The number of hydrogen-bond acceptors (Lipinski definition) is 3. The zero-order valence-electron chi connectivity index (χ0n) is 17.1. The molecule has 7 heteroatoms. The van der Waals surface area contributed by atoms with Crippen LogP contribution in [0.2, 0.25) is 5.02 Å². The Hall–Kier alpha value is -3.77. The summed E-state index contributed by atoms with van der Waals surface area (Å²) in [5.74, 6) is 0.779. The van der Waals surface area contributed by atoms with Crippen molar-refractivity contribution in [3.63, 3.8) is 0 Å². The monoisotopic (exact) mass is 432 g/mol. The van der Waals surface area contributed by atoms with Gasteiger partial charge >= 0.3 is 6.03 Å². The highest BCUT2D eigenvalue weighted by Gasteiger charge is 2.14. The number of ether oxygens (including phenoxy) is 1. The average molecular weight is 433 g/mol. The highest BCUT2D eigenvalue weighted by atomic mass is 35.5. The van der Waals surface area contributed by atoms with Crippen LogP contribution in [0.25, 0.3) is 22.4 Å². The lowest BCUT2D eigenvalue weighted by Crippen LogP contribution is -2.19. The van der Waals surface area contributed by atoms with Gasteiger partial charge in [0.05, 0.1) is 19.0 Å². The Bertz CT molecular complexity index is 1220. The SMILES string of the molecule is COc1cccc(-c2cnn(C)c2-c2cccc(NC(=O)Nc3ccc(Cl)cc3)c2)c1. The van der Waals surface area contributed by atoms with E-state index in [1.807, 2.05) is 66.5 Å². The van der Waals surface area contributed by atoms with Crippen LogP contribution >= 0.6 is 11.6 Å². The Kier molecular flexibility index (Phi) is 5.91. The van der Waals surface area contributed by atoms with E-state index in [1.54, 1.807) is 31.4 Å². The first-order valence-electron chi connectivity index (χ1n) is 9.64. The van der Waals surface area contributed by atoms with Crippen molar-refractivity contribution in [1.29, 1.82) is 0 Å². The normalized spacial score (nSPS) is 10.5. The van der Waals surface area contributed by atoms with Gasteiger partial charge in [-0.3, -0.25) is 4.68 Å². The molecule has 0 spiro atoms. The van der Waals surface area contributed by atoms with Gasteiger partial charge in [-0.05, 0) is 54.1 Å². The molecule has 0 aliphatic heterocycles. The number of benzene rings is 3. The van der Waals surface area contributed by atoms with Gasteiger partial charge in [-0.15, -0.1) is 0 Å². The van der Waals surface area contributed by atoms with Crippen LogP contribution in [0.5, 0.6) is 5.75 Å². The number of methoxy groups -OCH3 is 1. The third-order valence-electron chi connectivity index (χ3n) is 4.82. The van der Waals surface area contributed by atoms with Crippen molar-refractivity contribution in [2.24, 2.45) is 7.05 Å². The van der Waals surface area contributed by atoms with E-state index in [0.29, 0.717) is 16.4 Å². The predicted octanol–water partition coefficient (Wildman–Crippen LogP) is 6.06. The molecule has 0 saturated heterocycles. The topological polar surface area (TPSA) is 68.2 Å². The summed E-state index contributed by atoms with van der Waals surface area (Å²) in [6, 6.07) is 22.1. The second-order valence-corrected chi connectivity index (χ2v) is 7.37. The lowest BCUT2D eigenvalue weighted by atomic mass is 10.0. The number of nitrogens with zero attached hydrogens (tertiary/aromatic N) is 2. The maximum Gasteiger partial charge on any atom is 0.323 e. The highest BCUT2D eigenvalue weighted by Crippen LogP contribution is 2.34. The molecule has 6 nitrogen and oxygen atoms in total. The van der Waals surface area contributed by atoms with E-state index in [1.165, 1.54) is 0 Å². The molecule has 0 radical (unpaired) electrons. The third-order valence-corrected chi connectivity index (χ3v) is 5.07. The van der Waals surface area contributed by atoms with E-state index in [9.17, 15) is 4.79 Å². The minimum absolute atomic E-state index is 0.336. The third kappa shape index (κ3) is 4.70. The lowest BCUT2D eigenvalue weighted by Gasteiger charge is -2.11. The first-order chi connectivity index (χ1) is 15.0. The average Bonchev–Trinajstić information content (AvgIpc) is 3.17. The number of halogens is 1.